The summed E-state index contributed by atoms with van der Waals surface area (Å²) in [4.78, 5) is 51.2. The summed E-state index contributed by atoms with van der Waals surface area (Å²) in [5, 5.41) is 0. The molecule has 1 radical (unpaired) electrons. The third kappa shape index (κ3) is 6.13. The number of carbonyl (C=O) groups excluding carboxylic acids is 4. The fourth-order valence-corrected chi connectivity index (χ4v) is 5.56. The minimum Gasteiger partial charge on any atom is -0.456 e. The summed E-state index contributed by atoms with van der Waals surface area (Å²) in [6.45, 7) is 27.2. The predicted octanol–water partition coefficient (Wildman–Crippen LogP) is 9.54. The van der Waals surface area contributed by atoms with Crippen LogP contribution in [0.3, 0.4) is 0 Å². The highest BCUT2D eigenvalue weighted by Crippen LogP contribution is 2.47. The molecule has 0 unspecified atom stereocenters. The second-order valence-corrected chi connectivity index (χ2v) is 9.11. The highest BCUT2D eigenvalue weighted by Gasteiger charge is 2.41. The third-order valence-corrected chi connectivity index (χ3v) is 7.31. The van der Waals surface area contributed by atoms with Gasteiger partial charge in [-0.2, -0.15) is 0 Å². The Labute approximate surface area is 252 Å². The summed E-state index contributed by atoms with van der Waals surface area (Å²) >= 11 is 0. The lowest BCUT2D eigenvalue weighted by Gasteiger charge is -2.24. The first kappa shape index (κ1) is 36.5. The van der Waals surface area contributed by atoms with Gasteiger partial charge in [-0.25, -0.2) is 9.59 Å². The van der Waals surface area contributed by atoms with E-state index >= 15 is 0 Å². The lowest BCUT2D eigenvalue weighted by molar-refractivity contribution is 0.0442. The second kappa shape index (κ2) is 15.6. The van der Waals surface area contributed by atoms with E-state index in [0.717, 1.165) is 22.3 Å². The van der Waals surface area contributed by atoms with Gasteiger partial charge >= 0.3 is 11.9 Å². The van der Waals surface area contributed by atoms with Crippen molar-refractivity contribution in [1.82, 2.24) is 0 Å². The van der Waals surface area contributed by atoms with Crippen LogP contribution in [0.1, 0.15) is 150 Å². The second-order valence-electron chi connectivity index (χ2n) is 9.11. The first-order valence-corrected chi connectivity index (χ1v) is 15.5. The largest absolute Gasteiger partial charge is 0.456 e. The van der Waals surface area contributed by atoms with E-state index in [0.29, 0.717) is 63.3 Å². The summed E-state index contributed by atoms with van der Waals surface area (Å²) in [5.41, 5.74) is 7.07. The van der Waals surface area contributed by atoms with Gasteiger partial charge in [0.05, 0.1) is 11.1 Å². The van der Waals surface area contributed by atoms with Crippen molar-refractivity contribution in [3.8, 4) is 11.5 Å². The number of benzene rings is 2. The van der Waals surface area contributed by atoms with E-state index in [-0.39, 0.29) is 23.6 Å². The maximum atomic E-state index is 13.3. The van der Waals surface area contributed by atoms with Crippen LogP contribution >= 0.6 is 0 Å². The van der Waals surface area contributed by atoms with Crippen molar-refractivity contribution in [2.75, 3.05) is 0 Å². The van der Waals surface area contributed by atoms with Crippen LogP contribution in [0, 0.1) is 34.1 Å². The first-order valence-electron chi connectivity index (χ1n) is 15.5. The van der Waals surface area contributed by atoms with Crippen LogP contribution in [0.25, 0.3) is 0 Å². The Balaban J connectivity index is 0.00000102. The molecule has 0 saturated carbocycles. The van der Waals surface area contributed by atoms with Gasteiger partial charge in [0.25, 0.3) is 0 Å². The summed E-state index contributed by atoms with van der Waals surface area (Å²) in [5.74, 6) is -0.511. The molecule has 1 aliphatic heterocycles. The van der Waals surface area contributed by atoms with E-state index in [2.05, 4.69) is 0 Å². The van der Waals surface area contributed by atoms with Gasteiger partial charge in [0.15, 0.2) is 11.6 Å². The molecule has 2 aromatic rings. The molecule has 5 rings (SSSR count). The molecule has 3 aliphatic rings. The van der Waals surface area contributed by atoms with Gasteiger partial charge in [0, 0.05) is 40.7 Å². The molecule has 0 N–H and O–H groups in total. The molecule has 0 fully saturated rings. The lowest BCUT2D eigenvalue weighted by Crippen LogP contribution is -2.16. The summed E-state index contributed by atoms with van der Waals surface area (Å²) in [6.07, 6.45) is 3.12. The fourth-order valence-electron chi connectivity index (χ4n) is 5.56. The quantitative estimate of drug-likeness (QED) is 0.266. The number of allylic oxidation sites excluding steroid dienone is 2. The summed E-state index contributed by atoms with van der Waals surface area (Å²) < 4.78 is 11.4. The molecule has 0 amide bonds. The number of esters is 2. The number of ether oxygens (including phenoxy) is 2. The van der Waals surface area contributed by atoms with Crippen molar-refractivity contribution in [3.63, 3.8) is 0 Å². The van der Waals surface area contributed by atoms with Gasteiger partial charge < -0.3 is 9.47 Å². The number of carbonyl (C=O) groups is 4. The van der Waals surface area contributed by atoms with Gasteiger partial charge in [-0.3, -0.25) is 9.59 Å². The van der Waals surface area contributed by atoms with Crippen molar-refractivity contribution in [3.05, 3.63) is 73.2 Å². The van der Waals surface area contributed by atoms with Crippen LogP contribution in [0.5, 0.6) is 11.5 Å². The number of hydrogen-bond donors (Lipinski definition) is 0. The number of ketones is 2. The molecule has 1 heterocycles. The highest BCUT2D eigenvalue weighted by molar-refractivity contribution is 6.25. The zero-order valence-electron chi connectivity index (χ0n) is 28.1. The molecule has 2 aliphatic carbocycles. The monoisotopic (exact) mass is 577 g/mol. The number of fused-ring (bicyclic) bond motifs is 2. The molecule has 6 heteroatoms. The molecule has 42 heavy (non-hydrogen) atoms. The Hall–Kier alpha value is -3.54. The number of rotatable bonds is 4. The zero-order chi connectivity index (χ0) is 32.6. The molecule has 0 bridgehead atoms. The maximum Gasteiger partial charge on any atom is 0.347 e. The third-order valence-electron chi connectivity index (χ3n) is 7.31. The predicted molar refractivity (Wildman–Crippen MR) is 170 cm³/mol. The van der Waals surface area contributed by atoms with Gasteiger partial charge in [-0.1, -0.05) is 69.2 Å². The average molecular weight is 578 g/mol. The minimum atomic E-state index is -0.675. The van der Waals surface area contributed by atoms with Crippen LogP contribution < -0.4 is 4.74 Å². The number of hydrogen-bond acceptors (Lipinski definition) is 6. The molecule has 2 aromatic carbocycles. The van der Waals surface area contributed by atoms with Crippen LogP contribution in [-0.2, 0) is 17.6 Å². The SMILES string of the molecule is CC.CC.CC.CC.CCc1c(C)c(Oc2c(C)c(CC)c3c(c2C)C(=O)OC3=O)c(C)c2c1C(=O)CC1=C([CH]1)C2=O. The van der Waals surface area contributed by atoms with Crippen molar-refractivity contribution in [2.45, 2.75) is 116 Å². The normalized spacial score (nSPS) is 13.8. The Morgan fingerprint density at radius 1 is 0.619 bits per heavy atom. The van der Waals surface area contributed by atoms with E-state index in [1.165, 1.54) is 0 Å². The molecule has 229 valence electrons. The number of cyclic esters (lactones) is 2. The smallest absolute Gasteiger partial charge is 0.347 e. The molecule has 6 nitrogen and oxygen atoms in total. The van der Waals surface area contributed by atoms with Gasteiger partial charge in [0.1, 0.15) is 11.5 Å². The standard InChI is InChI=1S/C28H25O6.4C2H6/c1-7-16-11(3)25(13(5)20-22(16)19(29)10-15-9-18(15)24(20)30)33-26-12(4)17(8-2)23-21(14(26)6)27(31)34-28(23)32;4*1-2/h9H,7-8,10H2,1-6H3;4*1-2H3. The van der Waals surface area contributed by atoms with Crippen molar-refractivity contribution in [2.24, 2.45) is 0 Å². The Kier molecular flexibility index (Phi) is 13.6. The Bertz CT molecular complexity index is 1420. The number of Topliss-reactive ketones (excluding diaryl/α,β-unsaturated/α-hetero) is 2. The molecular formula is C36H49O6. The van der Waals surface area contributed by atoms with Crippen molar-refractivity contribution < 1.29 is 28.7 Å². The van der Waals surface area contributed by atoms with E-state index < -0.39 is 11.9 Å². The first-order chi connectivity index (χ1) is 20.1. The van der Waals surface area contributed by atoms with Crippen LogP contribution in [0.4, 0.5) is 0 Å². The van der Waals surface area contributed by atoms with E-state index in [9.17, 15) is 19.2 Å². The Morgan fingerprint density at radius 3 is 1.52 bits per heavy atom. The topological polar surface area (TPSA) is 86.7 Å². The van der Waals surface area contributed by atoms with Crippen LogP contribution in [0.2, 0.25) is 0 Å². The molecular weight excluding hydrogens is 528 g/mol. The van der Waals surface area contributed by atoms with Crippen LogP contribution in [0.15, 0.2) is 11.1 Å². The Morgan fingerprint density at radius 2 is 1.05 bits per heavy atom. The van der Waals surface area contributed by atoms with Crippen LogP contribution in [-0.4, -0.2) is 23.5 Å². The van der Waals surface area contributed by atoms with Gasteiger partial charge in [-0.15, -0.1) is 0 Å². The van der Waals surface area contributed by atoms with Crippen molar-refractivity contribution >= 4 is 23.5 Å². The summed E-state index contributed by atoms with van der Waals surface area (Å²) in [7, 11) is 0. The molecule has 0 saturated heterocycles. The lowest BCUT2D eigenvalue weighted by atomic mass is 9.85. The minimum absolute atomic E-state index is 0.0453. The van der Waals surface area contributed by atoms with Gasteiger partial charge in [-0.05, 0) is 68.4 Å². The van der Waals surface area contributed by atoms with E-state index in [4.69, 9.17) is 9.47 Å². The van der Waals surface area contributed by atoms with Gasteiger partial charge in [0.2, 0.25) is 0 Å². The summed E-state index contributed by atoms with van der Waals surface area (Å²) in [6, 6.07) is 0. The van der Waals surface area contributed by atoms with E-state index in [1.807, 2.05) is 83.1 Å². The highest BCUT2D eigenvalue weighted by atomic mass is 16.6. The molecule has 0 aromatic heterocycles. The molecule has 0 atom stereocenters. The molecule has 0 spiro atoms. The van der Waals surface area contributed by atoms with Crippen molar-refractivity contribution in [1.29, 1.82) is 0 Å². The van der Waals surface area contributed by atoms with E-state index in [1.54, 1.807) is 20.3 Å². The zero-order valence-corrected chi connectivity index (χ0v) is 28.1. The maximum absolute atomic E-state index is 13.3. The average Bonchev–Trinajstić information content (AvgIpc) is 3.72. The fraction of sp³-hybridized carbons (Fsp3) is 0.472.